The van der Waals surface area contributed by atoms with E-state index in [1.807, 2.05) is 0 Å². The first-order valence-electron chi connectivity index (χ1n) is 5.96. The maximum atomic E-state index is 11.0. The number of sulfonamides is 1. The van der Waals surface area contributed by atoms with E-state index in [2.05, 4.69) is 41.1 Å². The molecule has 0 saturated carbocycles. The molecule has 0 bridgehead atoms. The van der Waals surface area contributed by atoms with Crippen LogP contribution in [0.4, 0.5) is 11.8 Å². The largest absolute Gasteiger partial charge is 1.00 e. The third kappa shape index (κ3) is 5.04. The van der Waals surface area contributed by atoms with E-state index in [-0.39, 0.29) is 18.4 Å². The molecule has 0 unspecified atom stereocenters. The number of aromatic nitrogens is 2. The summed E-state index contributed by atoms with van der Waals surface area (Å²) < 4.78 is 22.8. The molecule has 0 aromatic carbocycles. The van der Waals surface area contributed by atoms with Gasteiger partial charge >= 0.3 is 0 Å². The van der Waals surface area contributed by atoms with Crippen molar-refractivity contribution < 1.29 is 20.8 Å². The lowest BCUT2D eigenvalue weighted by atomic mass is 10.1. The highest BCUT2D eigenvalue weighted by molar-refractivity contribution is 9.10. The molecule has 2 heterocycles. The Balaban J connectivity index is 0.00000200. The Morgan fingerprint density at radius 2 is 1.95 bits per heavy atom. The Morgan fingerprint density at radius 3 is 2.55 bits per heavy atom. The second-order valence-electron chi connectivity index (χ2n) is 4.41. The van der Waals surface area contributed by atoms with Crippen LogP contribution in [-0.2, 0) is 10.0 Å². The van der Waals surface area contributed by atoms with Crippen LogP contribution in [0.5, 0.6) is 0 Å². The Bertz CT molecular complexity index is 551. The fourth-order valence-corrected chi connectivity index (χ4v) is 2.60. The summed E-state index contributed by atoms with van der Waals surface area (Å²) in [6.07, 6.45) is 6.19. The Labute approximate surface area is 133 Å². The zero-order chi connectivity index (χ0) is 13.9. The van der Waals surface area contributed by atoms with Crippen molar-refractivity contribution in [1.29, 1.82) is 0 Å². The van der Waals surface area contributed by atoms with Gasteiger partial charge in [0.05, 0.1) is 10.7 Å². The molecule has 2 rings (SSSR count). The highest BCUT2D eigenvalue weighted by Gasteiger charge is 2.16. The van der Waals surface area contributed by atoms with E-state index in [0.717, 1.165) is 42.5 Å². The van der Waals surface area contributed by atoms with Gasteiger partial charge in [0.1, 0.15) is 5.82 Å². The van der Waals surface area contributed by atoms with Crippen LogP contribution in [-0.4, -0.2) is 37.7 Å². The molecule has 1 fully saturated rings. The van der Waals surface area contributed by atoms with Crippen LogP contribution < -0.4 is 27.6 Å². The van der Waals surface area contributed by atoms with Crippen molar-refractivity contribution in [3.63, 3.8) is 0 Å². The van der Waals surface area contributed by atoms with Gasteiger partial charge in [-0.3, -0.25) is 5.43 Å². The molecule has 10 heteroatoms. The number of hydrogen-bond acceptors (Lipinski definition) is 6. The monoisotopic (exact) mass is 384 g/mol. The average Bonchev–Trinajstić information content (AvgIpc) is 2.38. The van der Waals surface area contributed by atoms with Crippen LogP contribution >= 0.6 is 15.9 Å². The van der Waals surface area contributed by atoms with Gasteiger partial charge in [0.15, 0.2) is 0 Å². The van der Waals surface area contributed by atoms with E-state index in [1.54, 1.807) is 6.20 Å². The summed E-state index contributed by atoms with van der Waals surface area (Å²) in [5, 5.41) is 0. The van der Waals surface area contributed by atoms with Crippen LogP contribution in [0, 0.1) is 0 Å². The van der Waals surface area contributed by atoms with Crippen molar-refractivity contribution in [2.45, 2.75) is 19.3 Å². The van der Waals surface area contributed by atoms with Crippen LogP contribution in [0.25, 0.3) is 0 Å². The molecule has 0 atom stereocenters. The van der Waals surface area contributed by atoms with Gasteiger partial charge in [-0.05, 0) is 35.2 Å². The molecule has 0 spiro atoms. The molecular weight excluding hydrogens is 370 g/mol. The van der Waals surface area contributed by atoms with Gasteiger partial charge < -0.3 is 17.3 Å². The molecule has 1 aliphatic rings. The molecule has 7 nitrogen and oxygen atoms in total. The summed E-state index contributed by atoms with van der Waals surface area (Å²) in [6, 6.07) is 0. The number of halogens is 2. The zero-order valence-corrected chi connectivity index (χ0v) is 14.1. The first kappa shape index (κ1) is 17.4. The van der Waals surface area contributed by atoms with E-state index in [1.165, 1.54) is 6.42 Å². The van der Waals surface area contributed by atoms with Gasteiger partial charge in [-0.1, -0.05) is 0 Å². The zero-order valence-electron chi connectivity index (χ0n) is 10.9. The third-order valence-corrected chi connectivity index (χ3v) is 3.76. The maximum Gasteiger partial charge on any atom is 0.240 e. The number of piperidine rings is 1. The second-order valence-corrected chi connectivity index (χ2v) is 7.01. The van der Waals surface area contributed by atoms with Gasteiger partial charge in [0.2, 0.25) is 16.0 Å². The van der Waals surface area contributed by atoms with Crippen LogP contribution in [0.3, 0.4) is 0 Å². The van der Waals surface area contributed by atoms with Crippen LogP contribution in [0.15, 0.2) is 10.7 Å². The molecule has 0 radical (unpaired) electrons. The molecule has 20 heavy (non-hydrogen) atoms. The van der Waals surface area contributed by atoms with Crippen LogP contribution in [0.2, 0.25) is 0 Å². The normalized spacial score (nSPS) is 15.6. The van der Waals surface area contributed by atoms with Gasteiger partial charge in [-0.15, -0.1) is 4.83 Å². The van der Waals surface area contributed by atoms with E-state index < -0.39 is 10.0 Å². The summed E-state index contributed by atoms with van der Waals surface area (Å²) in [5.74, 6) is 1.02. The molecule has 1 aromatic rings. The number of nitrogens with zero attached hydrogens (tertiary/aromatic N) is 3. The lowest BCUT2D eigenvalue weighted by molar-refractivity contribution is -0.00000658. The lowest BCUT2D eigenvalue weighted by Gasteiger charge is -2.28. The van der Waals surface area contributed by atoms with Crippen molar-refractivity contribution in [1.82, 2.24) is 14.8 Å². The topological polar surface area (TPSA) is 87.2 Å². The Morgan fingerprint density at radius 1 is 1.30 bits per heavy atom. The average molecular weight is 386 g/mol. The highest BCUT2D eigenvalue weighted by Crippen LogP contribution is 2.26. The van der Waals surface area contributed by atoms with E-state index >= 15 is 0 Å². The van der Waals surface area contributed by atoms with Crippen LogP contribution in [0.1, 0.15) is 19.3 Å². The predicted octanol–water partition coefficient (Wildman–Crippen LogP) is -1.89. The summed E-state index contributed by atoms with van der Waals surface area (Å²) in [5.41, 5.74) is 2.48. The second kappa shape index (κ2) is 7.39. The van der Waals surface area contributed by atoms with Gasteiger partial charge in [-0.25, -0.2) is 13.4 Å². The number of nitrogens with one attached hydrogen (secondary N) is 2. The SMILES string of the molecule is CS(=O)(=O)NNc1ncc(Br)c(N2CCCCC2)n1.[Cl-]. The maximum absolute atomic E-state index is 11.0. The first-order valence-corrected chi connectivity index (χ1v) is 8.64. The van der Waals surface area contributed by atoms with E-state index in [9.17, 15) is 8.42 Å². The minimum absolute atomic E-state index is 0. The standard InChI is InChI=1S/C10H16BrN5O2S.ClH/c1-19(17,18)15-14-10-12-7-8(11)9(13-10)16-5-3-2-4-6-16;/h7,15H,2-6H2,1H3,(H,12,13,14);1H/p-1. The quantitative estimate of drug-likeness (QED) is 0.589. The minimum atomic E-state index is -3.34. The molecule has 1 saturated heterocycles. The van der Waals surface area contributed by atoms with E-state index in [0.29, 0.717) is 0 Å². The summed E-state index contributed by atoms with van der Waals surface area (Å²) >= 11 is 3.42. The highest BCUT2D eigenvalue weighted by atomic mass is 79.9. The fourth-order valence-electron chi connectivity index (χ4n) is 1.88. The van der Waals surface area contributed by atoms with Crippen molar-refractivity contribution >= 4 is 37.7 Å². The van der Waals surface area contributed by atoms with E-state index in [4.69, 9.17) is 0 Å². The fraction of sp³-hybridized carbons (Fsp3) is 0.600. The van der Waals surface area contributed by atoms with Gasteiger partial charge in [-0.2, -0.15) is 4.98 Å². The van der Waals surface area contributed by atoms with Crippen molar-refractivity contribution in [2.24, 2.45) is 0 Å². The van der Waals surface area contributed by atoms with Gasteiger partial charge in [0.25, 0.3) is 0 Å². The molecular formula is C10H16BrClN5O2S-. The molecule has 0 aliphatic carbocycles. The predicted molar refractivity (Wildman–Crippen MR) is 77.4 cm³/mol. The number of hydrogen-bond donors (Lipinski definition) is 2. The molecule has 114 valence electrons. The van der Waals surface area contributed by atoms with Crippen molar-refractivity contribution in [2.75, 3.05) is 29.7 Å². The van der Waals surface area contributed by atoms with Crippen molar-refractivity contribution in [3.8, 4) is 0 Å². The lowest BCUT2D eigenvalue weighted by Crippen LogP contribution is -3.00. The smallest absolute Gasteiger partial charge is 0.240 e. The summed E-state index contributed by atoms with van der Waals surface area (Å²) in [6.45, 7) is 1.91. The number of rotatable bonds is 4. The molecule has 1 aromatic heterocycles. The third-order valence-electron chi connectivity index (χ3n) is 2.73. The molecule has 1 aliphatic heterocycles. The summed E-state index contributed by atoms with van der Waals surface area (Å²) in [7, 11) is -3.34. The summed E-state index contributed by atoms with van der Waals surface area (Å²) in [4.78, 5) is 12.7. The molecule has 0 amide bonds. The number of anilines is 2. The van der Waals surface area contributed by atoms with Crippen molar-refractivity contribution in [3.05, 3.63) is 10.7 Å². The molecule has 2 N–H and O–H groups in total. The minimum Gasteiger partial charge on any atom is -1.00 e. The first-order chi connectivity index (χ1) is 8.96. The van der Waals surface area contributed by atoms with Gasteiger partial charge in [0, 0.05) is 19.3 Å². The number of hydrazine groups is 1. The Hall–Kier alpha value is -0.640. The Kier molecular flexibility index (Phi) is 6.44.